The summed E-state index contributed by atoms with van der Waals surface area (Å²) in [6, 6.07) is 0. The third-order valence-electron chi connectivity index (χ3n) is 1.96. The van der Waals surface area contributed by atoms with Gasteiger partial charge in [0.05, 0.1) is 0 Å². The second-order valence-electron chi connectivity index (χ2n) is 2.79. The van der Waals surface area contributed by atoms with E-state index in [1.807, 2.05) is 0 Å². The van der Waals surface area contributed by atoms with Crippen molar-refractivity contribution in [2.45, 2.75) is 20.3 Å². The second kappa shape index (κ2) is 4.13. The van der Waals surface area contributed by atoms with E-state index in [0.717, 1.165) is 5.92 Å². The van der Waals surface area contributed by atoms with Crippen LogP contribution < -0.4 is 0 Å². The summed E-state index contributed by atoms with van der Waals surface area (Å²) in [6.45, 7) is 8.46. The molecule has 1 unspecified atom stereocenters. The van der Waals surface area contributed by atoms with Gasteiger partial charge >= 0.3 is 0 Å². The van der Waals surface area contributed by atoms with Crippen LogP contribution >= 0.6 is 12.4 Å². The van der Waals surface area contributed by atoms with E-state index >= 15 is 0 Å². The fourth-order valence-electron chi connectivity index (χ4n) is 1.31. The molecular formula is C7H16ClN. The second-order valence-corrected chi connectivity index (χ2v) is 2.79. The van der Waals surface area contributed by atoms with Crippen LogP contribution in [0, 0.1) is 5.92 Å². The molecule has 0 N–H and O–H groups in total. The summed E-state index contributed by atoms with van der Waals surface area (Å²) in [5.74, 6) is 0.954. The Morgan fingerprint density at radius 2 is 2.22 bits per heavy atom. The number of nitrogens with zero attached hydrogens (tertiary/aromatic N) is 1. The summed E-state index contributed by atoms with van der Waals surface area (Å²) < 4.78 is 0. The van der Waals surface area contributed by atoms with Crippen LogP contribution in [0.4, 0.5) is 0 Å². The van der Waals surface area contributed by atoms with Crippen LogP contribution in [-0.2, 0) is 0 Å². The van der Waals surface area contributed by atoms with Crippen LogP contribution in [0.15, 0.2) is 0 Å². The minimum atomic E-state index is 0. The first-order valence-corrected chi connectivity index (χ1v) is 3.55. The Hall–Kier alpha value is 0.250. The first-order valence-electron chi connectivity index (χ1n) is 3.55. The van der Waals surface area contributed by atoms with E-state index in [2.05, 4.69) is 18.7 Å². The number of hydrogen-bond acceptors (Lipinski definition) is 1. The lowest BCUT2D eigenvalue weighted by Crippen LogP contribution is -2.18. The van der Waals surface area contributed by atoms with E-state index in [1.54, 1.807) is 0 Å². The van der Waals surface area contributed by atoms with Crippen molar-refractivity contribution < 1.29 is 0 Å². The zero-order chi connectivity index (χ0) is 5.98. The third kappa shape index (κ3) is 2.55. The van der Waals surface area contributed by atoms with Crippen molar-refractivity contribution in [3.05, 3.63) is 0 Å². The quantitative estimate of drug-likeness (QED) is 0.550. The minimum absolute atomic E-state index is 0. The Morgan fingerprint density at radius 1 is 1.56 bits per heavy atom. The number of hydrogen-bond donors (Lipinski definition) is 0. The van der Waals surface area contributed by atoms with Crippen LogP contribution in [0.2, 0.25) is 0 Å². The molecule has 1 fully saturated rings. The Bertz CT molecular complexity index is 75.3. The SMILES string of the molecule is CCN1CCC(C)C1.Cl. The van der Waals surface area contributed by atoms with Gasteiger partial charge in [0.15, 0.2) is 0 Å². The smallest absolute Gasteiger partial charge is 0.000738 e. The Morgan fingerprint density at radius 3 is 2.44 bits per heavy atom. The molecule has 0 spiro atoms. The summed E-state index contributed by atoms with van der Waals surface area (Å²) in [5, 5.41) is 0. The van der Waals surface area contributed by atoms with E-state index in [4.69, 9.17) is 0 Å². The van der Waals surface area contributed by atoms with E-state index in [9.17, 15) is 0 Å². The maximum atomic E-state index is 2.50. The molecule has 0 aliphatic carbocycles. The van der Waals surface area contributed by atoms with Crippen molar-refractivity contribution in [2.24, 2.45) is 5.92 Å². The van der Waals surface area contributed by atoms with Crippen molar-refractivity contribution in [1.82, 2.24) is 4.90 Å². The number of likely N-dealkylation sites (tertiary alicyclic amines) is 1. The highest BCUT2D eigenvalue weighted by molar-refractivity contribution is 5.85. The molecule has 1 rings (SSSR count). The lowest BCUT2D eigenvalue weighted by atomic mass is 10.2. The summed E-state index contributed by atoms with van der Waals surface area (Å²) in [5.41, 5.74) is 0. The molecule has 56 valence electrons. The maximum absolute atomic E-state index is 2.50. The Balaban J connectivity index is 0.000000640. The van der Waals surface area contributed by atoms with Gasteiger partial charge in [0.1, 0.15) is 0 Å². The topological polar surface area (TPSA) is 3.24 Å². The summed E-state index contributed by atoms with van der Waals surface area (Å²) in [4.78, 5) is 2.50. The number of rotatable bonds is 1. The van der Waals surface area contributed by atoms with Gasteiger partial charge in [-0.15, -0.1) is 12.4 Å². The largest absolute Gasteiger partial charge is 0.303 e. The molecule has 0 aromatic carbocycles. The molecule has 1 atom stereocenters. The molecular weight excluding hydrogens is 134 g/mol. The molecule has 1 nitrogen and oxygen atoms in total. The molecule has 2 heteroatoms. The zero-order valence-electron chi connectivity index (χ0n) is 6.26. The summed E-state index contributed by atoms with van der Waals surface area (Å²) in [6.07, 6.45) is 1.41. The van der Waals surface area contributed by atoms with E-state index in [1.165, 1.54) is 26.1 Å². The van der Waals surface area contributed by atoms with Crippen LogP contribution in [0.5, 0.6) is 0 Å². The van der Waals surface area contributed by atoms with Gasteiger partial charge in [-0.05, 0) is 25.4 Å². The van der Waals surface area contributed by atoms with Gasteiger partial charge < -0.3 is 4.90 Å². The van der Waals surface area contributed by atoms with E-state index in [-0.39, 0.29) is 12.4 Å². The standard InChI is InChI=1S/C7H15N.ClH/c1-3-8-5-4-7(2)6-8;/h7H,3-6H2,1-2H3;1H. The van der Waals surface area contributed by atoms with Crippen LogP contribution in [-0.4, -0.2) is 24.5 Å². The highest BCUT2D eigenvalue weighted by Gasteiger charge is 2.15. The lowest BCUT2D eigenvalue weighted by Gasteiger charge is -2.09. The van der Waals surface area contributed by atoms with E-state index < -0.39 is 0 Å². The van der Waals surface area contributed by atoms with Crippen molar-refractivity contribution in [3.8, 4) is 0 Å². The van der Waals surface area contributed by atoms with Gasteiger partial charge in [0.25, 0.3) is 0 Å². The third-order valence-corrected chi connectivity index (χ3v) is 1.96. The van der Waals surface area contributed by atoms with Gasteiger partial charge in [-0.2, -0.15) is 0 Å². The summed E-state index contributed by atoms with van der Waals surface area (Å²) in [7, 11) is 0. The predicted octanol–water partition coefficient (Wildman–Crippen LogP) is 1.77. The average molecular weight is 150 g/mol. The van der Waals surface area contributed by atoms with Gasteiger partial charge in [-0.3, -0.25) is 0 Å². The molecule has 0 aromatic rings. The lowest BCUT2D eigenvalue weighted by molar-refractivity contribution is 0.346. The molecule has 0 bridgehead atoms. The molecule has 0 saturated carbocycles. The monoisotopic (exact) mass is 149 g/mol. The summed E-state index contributed by atoms with van der Waals surface area (Å²) >= 11 is 0. The fraction of sp³-hybridized carbons (Fsp3) is 1.00. The highest BCUT2D eigenvalue weighted by Crippen LogP contribution is 2.13. The average Bonchev–Trinajstić information content (AvgIpc) is 2.14. The van der Waals surface area contributed by atoms with Crippen molar-refractivity contribution in [2.75, 3.05) is 19.6 Å². The Kier molecular flexibility index (Phi) is 4.24. The van der Waals surface area contributed by atoms with Crippen LogP contribution in [0.25, 0.3) is 0 Å². The molecule has 1 aliphatic heterocycles. The minimum Gasteiger partial charge on any atom is -0.303 e. The Labute approximate surface area is 63.8 Å². The van der Waals surface area contributed by atoms with Gasteiger partial charge in [-0.1, -0.05) is 13.8 Å². The molecule has 9 heavy (non-hydrogen) atoms. The fourth-order valence-corrected chi connectivity index (χ4v) is 1.31. The molecule has 0 amide bonds. The van der Waals surface area contributed by atoms with E-state index in [0.29, 0.717) is 0 Å². The molecule has 1 saturated heterocycles. The van der Waals surface area contributed by atoms with Crippen molar-refractivity contribution >= 4 is 12.4 Å². The molecule has 1 heterocycles. The van der Waals surface area contributed by atoms with Crippen LogP contribution in [0.3, 0.4) is 0 Å². The van der Waals surface area contributed by atoms with Crippen LogP contribution in [0.1, 0.15) is 20.3 Å². The predicted molar refractivity (Wildman–Crippen MR) is 43.1 cm³/mol. The molecule has 0 radical (unpaired) electrons. The molecule has 1 aliphatic rings. The number of halogens is 1. The molecule has 0 aromatic heterocycles. The highest BCUT2D eigenvalue weighted by atomic mass is 35.5. The van der Waals surface area contributed by atoms with Gasteiger partial charge in [0.2, 0.25) is 0 Å². The van der Waals surface area contributed by atoms with Crippen molar-refractivity contribution in [1.29, 1.82) is 0 Å². The first kappa shape index (κ1) is 9.25. The van der Waals surface area contributed by atoms with Gasteiger partial charge in [-0.25, -0.2) is 0 Å². The first-order chi connectivity index (χ1) is 3.83. The maximum Gasteiger partial charge on any atom is 0.000738 e. The van der Waals surface area contributed by atoms with Crippen molar-refractivity contribution in [3.63, 3.8) is 0 Å². The van der Waals surface area contributed by atoms with Gasteiger partial charge in [0, 0.05) is 6.54 Å². The normalized spacial score (nSPS) is 28.0. The zero-order valence-corrected chi connectivity index (χ0v) is 7.08.